The Morgan fingerprint density at radius 1 is 1.08 bits per heavy atom. The molecule has 0 saturated carbocycles. The molecule has 1 aromatic heterocycles. The average molecular weight is 337 g/mol. The van der Waals surface area contributed by atoms with E-state index in [4.69, 9.17) is 0 Å². The van der Waals surface area contributed by atoms with Gasteiger partial charge in [-0.3, -0.25) is 14.9 Å². The molecule has 2 saturated heterocycles. The van der Waals surface area contributed by atoms with Crippen LogP contribution in [0.4, 0.5) is 0 Å². The molecule has 2 N–H and O–H groups in total. The first-order valence-electron chi connectivity index (χ1n) is 9.22. The zero-order valence-corrected chi connectivity index (χ0v) is 14.4. The van der Waals surface area contributed by atoms with Gasteiger partial charge < -0.3 is 9.88 Å². The summed E-state index contributed by atoms with van der Waals surface area (Å²) >= 11 is 0. The molecule has 2 fully saturated rings. The molecule has 3 atom stereocenters. The number of piperidine rings is 2. The fourth-order valence-corrected chi connectivity index (χ4v) is 5.46. The van der Waals surface area contributed by atoms with Crippen molar-refractivity contribution in [2.75, 3.05) is 13.6 Å². The van der Waals surface area contributed by atoms with Crippen molar-refractivity contribution < 1.29 is 9.59 Å². The first-order chi connectivity index (χ1) is 12.1. The van der Waals surface area contributed by atoms with Crippen molar-refractivity contribution in [3.05, 3.63) is 35.5 Å². The maximum atomic E-state index is 11.8. The summed E-state index contributed by atoms with van der Waals surface area (Å²) in [6.45, 7) is 0.974. The minimum atomic E-state index is -0.107. The number of likely N-dealkylation sites (tertiary alicyclic amines) is 1. The summed E-state index contributed by atoms with van der Waals surface area (Å²) in [5.41, 5.74) is 4.08. The summed E-state index contributed by atoms with van der Waals surface area (Å²) < 4.78 is 0. The Morgan fingerprint density at radius 3 is 2.68 bits per heavy atom. The lowest BCUT2D eigenvalue weighted by atomic mass is 9.68. The molecule has 130 valence electrons. The highest BCUT2D eigenvalue weighted by atomic mass is 16.2. The van der Waals surface area contributed by atoms with Gasteiger partial charge in [0.15, 0.2) is 0 Å². The molecule has 1 unspecified atom stereocenters. The Morgan fingerprint density at radius 2 is 1.88 bits per heavy atom. The normalized spacial score (nSPS) is 30.4. The van der Waals surface area contributed by atoms with Crippen LogP contribution in [0.15, 0.2) is 24.4 Å². The second-order valence-corrected chi connectivity index (χ2v) is 8.04. The molecule has 1 aromatic carbocycles. The molecule has 0 radical (unpaired) electrons. The van der Waals surface area contributed by atoms with Crippen LogP contribution in [-0.4, -0.2) is 41.3 Å². The fourth-order valence-electron chi connectivity index (χ4n) is 5.46. The van der Waals surface area contributed by atoms with E-state index in [1.807, 2.05) is 0 Å². The topological polar surface area (TPSA) is 65.2 Å². The van der Waals surface area contributed by atoms with Crippen molar-refractivity contribution in [3.8, 4) is 0 Å². The number of carbonyl (C=O) groups is 2. The summed E-state index contributed by atoms with van der Waals surface area (Å²) in [4.78, 5) is 29.5. The van der Waals surface area contributed by atoms with Crippen LogP contribution in [0.3, 0.4) is 0 Å². The summed E-state index contributed by atoms with van der Waals surface area (Å²) in [7, 11) is 2.20. The number of H-pyrrole nitrogens is 1. The van der Waals surface area contributed by atoms with Crippen LogP contribution in [0.2, 0.25) is 0 Å². The van der Waals surface area contributed by atoms with Crippen molar-refractivity contribution in [1.82, 2.24) is 15.2 Å². The van der Waals surface area contributed by atoms with E-state index < -0.39 is 0 Å². The molecule has 25 heavy (non-hydrogen) atoms. The molecule has 3 heterocycles. The predicted octanol–water partition coefficient (Wildman–Crippen LogP) is 2.18. The SMILES string of the molecule is CN1CC(C2CC(=O)NC(=O)C2)C[C@@H]2c3cccc4[nH]cc(c34)C[C@H]21. The van der Waals surface area contributed by atoms with Crippen molar-refractivity contribution in [2.24, 2.45) is 11.8 Å². The number of aromatic amines is 1. The summed E-state index contributed by atoms with van der Waals surface area (Å²) in [5, 5.41) is 3.84. The Bertz CT molecular complexity index is 855. The van der Waals surface area contributed by atoms with E-state index in [1.54, 1.807) is 0 Å². The maximum Gasteiger partial charge on any atom is 0.226 e. The third kappa shape index (κ3) is 2.33. The lowest BCUT2D eigenvalue weighted by Gasteiger charge is -2.47. The predicted molar refractivity (Wildman–Crippen MR) is 95.1 cm³/mol. The van der Waals surface area contributed by atoms with E-state index in [1.165, 1.54) is 22.0 Å². The third-order valence-electron chi connectivity index (χ3n) is 6.60. The smallest absolute Gasteiger partial charge is 0.226 e. The molecular weight excluding hydrogens is 314 g/mol. The number of carbonyl (C=O) groups excluding carboxylic acids is 2. The van der Waals surface area contributed by atoms with E-state index in [9.17, 15) is 9.59 Å². The molecule has 2 aromatic rings. The van der Waals surface area contributed by atoms with E-state index in [2.05, 4.69) is 46.6 Å². The largest absolute Gasteiger partial charge is 0.361 e. The van der Waals surface area contributed by atoms with Crippen LogP contribution in [0.5, 0.6) is 0 Å². The second kappa shape index (κ2) is 5.43. The fraction of sp³-hybridized carbons (Fsp3) is 0.500. The molecule has 1 aliphatic carbocycles. The summed E-state index contributed by atoms with van der Waals surface area (Å²) in [6.07, 6.45) is 5.29. The highest BCUT2D eigenvalue weighted by molar-refractivity contribution is 5.97. The van der Waals surface area contributed by atoms with Crippen LogP contribution < -0.4 is 5.32 Å². The van der Waals surface area contributed by atoms with Gasteiger partial charge in [-0.2, -0.15) is 0 Å². The van der Waals surface area contributed by atoms with Crippen LogP contribution in [0.1, 0.15) is 36.3 Å². The first kappa shape index (κ1) is 15.1. The molecule has 2 amide bonds. The number of hydrogen-bond acceptors (Lipinski definition) is 3. The third-order valence-corrected chi connectivity index (χ3v) is 6.60. The zero-order valence-electron chi connectivity index (χ0n) is 14.4. The van der Waals surface area contributed by atoms with Gasteiger partial charge in [0.05, 0.1) is 0 Å². The first-order valence-corrected chi connectivity index (χ1v) is 9.22. The van der Waals surface area contributed by atoms with E-state index in [0.717, 1.165) is 19.4 Å². The van der Waals surface area contributed by atoms with Gasteiger partial charge in [-0.1, -0.05) is 12.1 Å². The van der Waals surface area contributed by atoms with Crippen molar-refractivity contribution in [3.63, 3.8) is 0 Å². The van der Waals surface area contributed by atoms with Crippen LogP contribution in [0.25, 0.3) is 10.9 Å². The van der Waals surface area contributed by atoms with E-state index >= 15 is 0 Å². The number of likely N-dealkylation sites (N-methyl/N-ethyl adjacent to an activating group) is 1. The van der Waals surface area contributed by atoms with E-state index in [-0.39, 0.29) is 17.7 Å². The van der Waals surface area contributed by atoms with Gasteiger partial charge in [0.2, 0.25) is 11.8 Å². The van der Waals surface area contributed by atoms with Gasteiger partial charge in [-0.25, -0.2) is 0 Å². The molecule has 0 spiro atoms. The Kier molecular flexibility index (Phi) is 3.29. The maximum absolute atomic E-state index is 11.8. The lowest BCUT2D eigenvalue weighted by Crippen LogP contribution is -2.51. The summed E-state index contributed by atoms with van der Waals surface area (Å²) in [5.74, 6) is 0.846. The van der Waals surface area contributed by atoms with Gasteiger partial charge >= 0.3 is 0 Å². The number of benzene rings is 1. The summed E-state index contributed by atoms with van der Waals surface area (Å²) in [6, 6.07) is 7.07. The molecule has 5 nitrogen and oxygen atoms in total. The van der Waals surface area contributed by atoms with Crippen LogP contribution >= 0.6 is 0 Å². The monoisotopic (exact) mass is 337 g/mol. The van der Waals surface area contributed by atoms with Gasteiger partial charge in [0.1, 0.15) is 0 Å². The zero-order chi connectivity index (χ0) is 17.1. The highest BCUT2D eigenvalue weighted by Gasteiger charge is 2.43. The molecule has 5 heteroatoms. The molecular formula is C20H23N3O2. The quantitative estimate of drug-likeness (QED) is 0.784. The van der Waals surface area contributed by atoms with Gasteiger partial charge in [-0.05, 0) is 48.9 Å². The minimum absolute atomic E-state index is 0.107. The highest BCUT2D eigenvalue weighted by Crippen LogP contribution is 2.46. The number of amides is 2. The van der Waals surface area contributed by atoms with Crippen LogP contribution in [-0.2, 0) is 16.0 Å². The van der Waals surface area contributed by atoms with E-state index in [0.29, 0.717) is 30.7 Å². The number of imide groups is 1. The van der Waals surface area contributed by atoms with Crippen molar-refractivity contribution in [1.29, 1.82) is 0 Å². The van der Waals surface area contributed by atoms with Crippen molar-refractivity contribution in [2.45, 2.75) is 37.6 Å². The molecule has 5 rings (SSSR count). The average Bonchev–Trinajstić information content (AvgIpc) is 2.99. The van der Waals surface area contributed by atoms with Crippen molar-refractivity contribution >= 4 is 22.7 Å². The Balaban J connectivity index is 1.50. The van der Waals surface area contributed by atoms with Gasteiger partial charge in [0, 0.05) is 48.4 Å². The minimum Gasteiger partial charge on any atom is -0.361 e. The van der Waals surface area contributed by atoms with Gasteiger partial charge in [-0.15, -0.1) is 0 Å². The molecule has 3 aliphatic rings. The number of rotatable bonds is 1. The molecule has 2 aliphatic heterocycles. The number of fused-ring (bicyclic) bond motifs is 2. The lowest BCUT2D eigenvalue weighted by molar-refractivity contribution is -0.136. The second-order valence-electron chi connectivity index (χ2n) is 8.04. The Labute approximate surface area is 146 Å². The standard InChI is InChI=1S/C20H23N3O2/c1-23-10-13(11-7-18(24)22-19(25)8-11)5-15-14-3-2-4-16-20(14)12(9-21-16)6-17(15)23/h2-4,9,11,13,15,17,21H,5-8,10H2,1H3,(H,22,24,25)/t13?,15-,17-/m1/s1. The number of aromatic nitrogens is 1. The molecule has 0 bridgehead atoms. The number of nitrogens with one attached hydrogen (secondary N) is 2. The van der Waals surface area contributed by atoms with Crippen LogP contribution in [0, 0.1) is 11.8 Å². The number of nitrogens with zero attached hydrogens (tertiary/aromatic N) is 1. The van der Waals surface area contributed by atoms with Gasteiger partial charge in [0.25, 0.3) is 0 Å². The number of hydrogen-bond donors (Lipinski definition) is 2. The Hall–Kier alpha value is -2.14.